The number of pyridine rings is 1. The molecular formula is C33H42F2N3O13P. The van der Waals surface area contributed by atoms with E-state index < -0.39 is 104 Å². The maximum absolute atomic E-state index is 14.1. The van der Waals surface area contributed by atoms with Gasteiger partial charge in [-0.3, -0.25) is 32.9 Å². The first-order valence-corrected chi connectivity index (χ1v) is 18.2. The molecule has 52 heavy (non-hydrogen) atoms. The maximum Gasteiger partial charge on any atom is 0.510 e. The van der Waals surface area contributed by atoms with E-state index in [1.54, 1.807) is 34.6 Å². The van der Waals surface area contributed by atoms with Gasteiger partial charge in [0.1, 0.15) is 22.9 Å². The average molecular weight is 758 g/mol. The molecule has 0 radical (unpaired) electrons. The van der Waals surface area contributed by atoms with E-state index >= 15 is 0 Å². The van der Waals surface area contributed by atoms with Crippen LogP contribution in [0.3, 0.4) is 0 Å². The zero-order chi connectivity index (χ0) is 38.4. The summed E-state index contributed by atoms with van der Waals surface area (Å²) in [6.07, 6.45) is -1.46. The number of fused-ring (bicyclic) bond motifs is 2. The lowest BCUT2D eigenvalue weighted by atomic mass is 9.68. The Morgan fingerprint density at radius 1 is 1.04 bits per heavy atom. The minimum absolute atomic E-state index is 0.00418. The predicted molar refractivity (Wildman–Crippen MR) is 177 cm³/mol. The number of rotatable bonds is 14. The molecule has 0 saturated carbocycles. The Bertz CT molecular complexity index is 1750. The number of nitrogens with zero attached hydrogens (tertiary/aromatic N) is 2. The van der Waals surface area contributed by atoms with Gasteiger partial charge >= 0.3 is 19.9 Å². The highest BCUT2D eigenvalue weighted by Gasteiger charge is 2.52. The molecule has 19 heteroatoms. The van der Waals surface area contributed by atoms with E-state index in [1.165, 1.54) is 4.57 Å². The summed E-state index contributed by atoms with van der Waals surface area (Å²) < 4.78 is 72.6. The number of aromatic nitrogens is 1. The number of benzene rings is 1. The Labute approximate surface area is 297 Å². The van der Waals surface area contributed by atoms with Crippen molar-refractivity contribution in [3.63, 3.8) is 0 Å². The van der Waals surface area contributed by atoms with Crippen molar-refractivity contribution in [1.82, 2.24) is 14.8 Å². The van der Waals surface area contributed by atoms with Crippen molar-refractivity contribution in [1.29, 1.82) is 0 Å². The van der Waals surface area contributed by atoms with E-state index in [2.05, 4.69) is 5.32 Å². The third-order valence-corrected chi connectivity index (χ3v) is 10.3. The second kappa shape index (κ2) is 17.0. The van der Waals surface area contributed by atoms with Crippen LogP contribution in [0, 0.1) is 17.0 Å². The fourth-order valence-corrected chi connectivity index (χ4v) is 7.25. The molecule has 4 rings (SSSR count). The largest absolute Gasteiger partial charge is 0.510 e. The lowest BCUT2D eigenvalue weighted by Gasteiger charge is -2.50. The van der Waals surface area contributed by atoms with Gasteiger partial charge in [-0.2, -0.15) is 0 Å². The van der Waals surface area contributed by atoms with Gasteiger partial charge in [-0.25, -0.2) is 18.4 Å². The minimum Gasteiger partial charge on any atom is -0.503 e. The number of amides is 1. The molecule has 1 amide bonds. The highest BCUT2D eigenvalue weighted by Crippen LogP contribution is 2.49. The smallest absolute Gasteiger partial charge is 0.503 e. The molecule has 0 aliphatic carbocycles. The van der Waals surface area contributed by atoms with Crippen molar-refractivity contribution in [3.05, 3.63) is 63.1 Å². The van der Waals surface area contributed by atoms with Crippen molar-refractivity contribution >= 4 is 31.6 Å². The second-order valence-corrected chi connectivity index (χ2v) is 15.2. The lowest BCUT2D eigenvalue weighted by molar-refractivity contribution is -0.0311. The summed E-state index contributed by atoms with van der Waals surface area (Å²) >= 11 is 0. The predicted octanol–water partition coefficient (Wildman–Crippen LogP) is 4.69. The third-order valence-electron chi connectivity index (χ3n) is 8.55. The van der Waals surface area contributed by atoms with Crippen molar-refractivity contribution in [2.45, 2.75) is 78.8 Å². The normalized spacial score (nSPS) is 18.8. The third kappa shape index (κ3) is 9.73. The maximum atomic E-state index is 14.1. The number of ketones is 1. The molecule has 2 aliphatic heterocycles. The molecule has 2 atom stereocenters. The van der Waals surface area contributed by atoms with E-state index in [0.717, 1.165) is 18.3 Å². The molecule has 286 valence electrons. The SMILES string of the molecule is CC(C)OC(=O)OCOP(=O)(CCN1CCC[C@]2(C)C(=O)c3c(O)c(=O)c(C(=O)NCc4ccc(F)cc4F)cn3C[C@H]12)OCOC(=O)OC(C)C. The number of Topliss-reactive ketones (excluding diaryl/α,β-unsaturated/α-hetero) is 1. The summed E-state index contributed by atoms with van der Waals surface area (Å²) in [5.74, 6) is -4.14. The molecular weight excluding hydrogens is 715 g/mol. The van der Waals surface area contributed by atoms with Crippen LogP contribution in [-0.2, 0) is 45.6 Å². The van der Waals surface area contributed by atoms with Gasteiger partial charge in [0, 0.05) is 48.9 Å². The number of likely N-dealkylation sites (tertiary alicyclic amines) is 1. The van der Waals surface area contributed by atoms with Crippen LogP contribution in [0.2, 0.25) is 0 Å². The topological polar surface area (TPSA) is 198 Å². The molecule has 2 aromatic rings. The number of halogens is 2. The first-order valence-electron chi connectivity index (χ1n) is 16.5. The zero-order valence-electron chi connectivity index (χ0n) is 29.3. The van der Waals surface area contributed by atoms with Crippen LogP contribution in [0.15, 0.2) is 29.2 Å². The molecule has 0 unspecified atom stereocenters. The Morgan fingerprint density at radius 3 is 2.23 bits per heavy atom. The highest BCUT2D eigenvalue weighted by molar-refractivity contribution is 7.53. The fourth-order valence-electron chi connectivity index (χ4n) is 5.99. The number of carbonyl (C=O) groups is 4. The van der Waals surface area contributed by atoms with Gasteiger partial charge in [-0.05, 0) is 53.1 Å². The quantitative estimate of drug-likeness (QED) is 0.153. The van der Waals surface area contributed by atoms with E-state index in [4.69, 9.17) is 28.0 Å². The molecule has 1 aromatic carbocycles. The molecule has 1 fully saturated rings. The Balaban J connectivity index is 1.53. The lowest BCUT2D eigenvalue weighted by Crippen LogP contribution is -2.60. The fraction of sp³-hybridized carbons (Fsp3) is 0.545. The van der Waals surface area contributed by atoms with Crippen LogP contribution in [0.25, 0.3) is 0 Å². The zero-order valence-corrected chi connectivity index (χ0v) is 30.2. The van der Waals surface area contributed by atoms with Crippen LogP contribution < -0.4 is 10.7 Å². The van der Waals surface area contributed by atoms with Crippen molar-refractivity contribution < 1.29 is 65.6 Å². The van der Waals surface area contributed by atoms with Gasteiger partial charge in [0.25, 0.3) is 5.91 Å². The molecule has 0 spiro atoms. The number of nitrogens with one attached hydrogen (secondary N) is 1. The Kier molecular flexibility index (Phi) is 13.2. The average Bonchev–Trinajstić information content (AvgIpc) is 3.05. The first kappa shape index (κ1) is 40.4. The van der Waals surface area contributed by atoms with E-state index in [1.807, 2.05) is 4.90 Å². The number of hydrogen-bond acceptors (Lipinski definition) is 14. The molecule has 2 N–H and O–H groups in total. The van der Waals surface area contributed by atoms with Crippen LogP contribution >= 0.6 is 7.60 Å². The van der Waals surface area contributed by atoms with Gasteiger partial charge < -0.3 is 33.9 Å². The van der Waals surface area contributed by atoms with E-state index in [9.17, 15) is 42.4 Å². The first-order chi connectivity index (χ1) is 24.4. The summed E-state index contributed by atoms with van der Waals surface area (Å²) in [5.41, 5.74) is -3.05. The summed E-state index contributed by atoms with van der Waals surface area (Å²) in [4.78, 5) is 65.7. The van der Waals surface area contributed by atoms with Gasteiger partial charge in [-0.15, -0.1) is 0 Å². The molecule has 0 bridgehead atoms. The van der Waals surface area contributed by atoms with Crippen LogP contribution in [0.1, 0.15) is 73.9 Å². The molecule has 1 saturated heterocycles. The van der Waals surface area contributed by atoms with Gasteiger partial charge in [0.05, 0.1) is 18.4 Å². The van der Waals surface area contributed by atoms with E-state index in [0.29, 0.717) is 25.5 Å². The summed E-state index contributed by atoms with van der Waals surface area (Å²) in [7, 11) is -4.17. The number of piperidine rings is 1. The minimum atomic E-state index is -4.17. The van der Waals surface area contributed by atoms with E-state index in [-0.39, 0.29) is 30.5 Å². The van der Waals surface area contributed by atoms with Crippen LogP contribution in [-0.4, -0.2) is 89.7 Å². The second-order valence-electron chi connectivity index (χ2n) is 13.0. The number of hydrogen-bond donors (Lipinski definition) is 2. The number of ether oxygens (including phenoxy) is 4. The van der Waals surface area contributed by atoms with Gasteiger partial charge in [0.15, 0.2) is 11.5 Å². The summed E-state index contributed by atoms with van der Waals surface area (Å²) in [6.45, 7) is 6.46. The number of carbonyl (C=O) groups excluding carboxylic acids is 4. The number of aromatic hydroxyl groups is 1. The molecule has 3 heterocycles. The van der Waals surface area contributed by atoms with Crippen LogP contribution in [0.4, 0.5) is 18.4 Å². The highest BCUT2D eigenvalue weighted by atomic mass is 31.2. The van der Waals surface area contributed by atoms with Crippen molar-refractivity contribution in [2.75, 3.05) is 32.8 Å². The Hall–Kier alpha value is -4.38. The van der Waals surface area contributed by atoms with Crippen molar-refractivity contribution in [3.8, 4) is 5.75 Å². The molecule has 16 nitrogen and oxygen atoms in total. The van der Waals surface area contributed by atoms with Crippen molar-refractivity contribution in [2.24, 2.45) is 5.41 Å². The standard InChI is InChI=1S/C33H42F2N3O13P/c1-19(2)50-31(43)46-17-48-52(45,49-18-47-32(44)51-20(3)4)12-11-37-10-6-9-33(5)25(37)16-38-15-23(27(39)28(40)26(38)29(33)41)30(42)36-14-21-7-8-22(34)13-24(21)35/h7-8,13,15,19-20,25,40H,6,9-12,14,16-18H2,1-5H3,(H,36,42)/t25-,33-/m0/s1. The van der Waals surface area contributed by atoms with Gasteiger partial charge in [0.2, 0.25) is 19.0 Å². The molecule has 2 aliphatic rings. The monoisotopic (exact) mass is 757 g/mol. The van der Waals surface area contributed by atoms with Crippen LogP contribution in [0.5, 0.6) is 5.75 Å². The molecule has 1 aromatic heterocycles. The van der Waals surface area contributed by atoms with Gasteiger partial charge in [-0.1, -0.05) is 13.0 Å². The Morgan fingerprint density at radius 2 is 1.65 bits per heavy atom. The summed E-state index contributed by atoms with van der Waals surface area (Å²) in [5, 5.41) is 13.3. The summed E-state index contributed by atoms with van der Waals surface area (Å²) in [6, 6.07) is 2.19.